The first kappa shape index (κ1) is 12.4. The van der Waals surface area contributed by atoms with E-state index in [4.69, 9.17) is 10.0 Å². The highest BCUT2D eigenvalue weighted by atomic mass is 16.4. The molecule has 0 aliphatic carbocycles. The summed E-state index contributed by atoms with van der Waals surface area (Å²) in [6.45, 7) is 3.98. The monoisotopic (exact) mass is 234 g/mol. The van der Waals surface area contributed by atoms with E-state index in [1.165, 1.54) is 25.7 Å². The smallest absolute Gasteiger partial charge is 0.423 e. The third-order valence-electron chi connectivity index (χ3n) is 3.35. The van der Waals surface area contributed by atoms with Crippen LogP contribution in [0.2, 0.25) is 0 Å². The SMILES string of the molecule is Cc1cc(N2CCCCCC2)ncc1B(O)O. The number of rotatable bonds is 2. The van der Waals surface area contributed by atoms with Gasteiger partial charge in [-0.3, -0.25) is 0 Å². The van der Waals surface area contributed by atoms with Crippen LogP contribution < -0.4 is 10.4 Å². The van der Waals surface area contributed by atoms with Crippen molar-refractivity contribution in [1.82, 2.24) is 4.98 Å². The molecule has 1 saturated heterocycles. The highest BCUT2D eigenvalue weighted by Gasteiger charge is 2.17. The van der Waals surface area contributed by atoms with Crippen molar-refractivity contribution in [3.8, 4) is 0 Å². The molecule has 1 aliphatic heterocycles. The van der Waals surface area contributed by atoms with Crippen molar-refractivity contribution in [3.63, 3.8) is 0 Å². The summed E-state index contributed by atoms with van der Waals surface area (Å²) in [5, 5.41) is 18.3. The molecule has 17 heavy (non-hydrogen) atoms. The summed E-state index contributed by atoms with van der Waals surface area (Å²) in [5.41, 5.74) is 1.37. The molecule has 0 unspecified atom stereocenters. The van der Waals surface area contributed by atoms with Crippen LogP contribution in [0, 0.1) is 6.92 Å². The Morgan fingerprint density at radius 3 is 2.35 bits per heavy atom. The third kappa shape index (κ3) is 2.98. The molecule has 1 aliphatic rings. The predicted octanol–water partition coefficient (Wildman–Crippen LogP) is 0.450. The highest BCUT2D eigenvalue weighted by Crippen LogP contribution is 2.17. The van der Waals surface area contributed by atoms with Crippen molar-refractivity contribution in [1.29, 1.82) is 0 Å². The summed E-state index contributed by atoms with van der Waals surface area (Å²) in [7, 11) is -1.43. The first-order chi connectivity index (χ1) is 8.18. The van der Waals surface area contributed by atoms with Crippen LogP contribution in [-0.4, -0.2) is 35.2 Å². The maximum absolute atomic E-state index is 9.15. The molecule has 0 radical (unpaired) electrons. The van der Waals surface area contributed by atoms with Gasteiger partial charge in [0.1, 0.15) is 5.82 Å². The molecule has 5 heteroatoms. The minimum absolute atomic E-state index is 0.489. The second-order valence-electron chi connectivity index (χ2n) is 4.67. The Morgan fingerprint density at radius 2 is 1.82 bits per heavy atom. The molecule has 1 aromatic heterocycles. The van der Waals surface area contributed by atoms with E-state index in [-0.39, 0.29) is 0 Å². The van der Waals surface area contributed by atoms with Crippen LogP contribution in [0.4, 0.5) is 5.82 Å². The molecule has 2 rings (SSSR count). The Labute approximate surface area is 102 Å². The zero-order valence-corrected chi connectivity index (χ0v) is 10.3. The quantitative estimate of drug-likeness (QED) is 0.729. The summed E-state index contributed by atoms with van der Waals surface area (Å²) in [4.78, 5) is 6.62. The third-order valence-corrected chi connectivity index (χ3v) is 3.35. The summed E-state index contributed by atoms with van der Waals surface area (Å²) in [6.07, 6.45) is 6.59. The average molecular weight is 234 g/mol. The van der Waals surface area contributed by atoms with E-state index in [1.807, 2.05) is 13.0 Å². The minimum Gasteiger partial charge on any atom is -0.423 e. The van der Waals surface area contributed by atoms with Crippen LogP contribution in [0.25, 0.3) is 0 Å². The van der Waals surface area contributed by atoms with Gasteiger partial charge in [-0.1, -0.05) is 12.8 Å². The van der Waals surface area contributed by atoms with E-state index < -0.39 is 7.12 Å². The van der Waals surface area contributed by atoms with E-state index in [0.29, 0.717) is 5.46 Å². The summed E-state index contributed by atoms with van der Waals surface area (Å²) >= 11 is 0. The Morgan fingerprint density at radius 1 is 1.18 bits per heavy atom. The van der Waals surface area contributed by atoms with Gasteiger partial charge in [-0.2, -0.15) is 0 Å². The van der Waals surface area contributed by atoms with Crippen LogP contribution in [0.5, 0.6) is 0 Å². The van der Waals surface area contributed by atoms with Gasteiger partial charge in [0.25, 0.3) is 0 Å². The zero-order chi connectivity index (χ0) is 12.3. The first-order valence-electron chi connectivity index (χ1n) is 6.26. The second-order valence-corrected chi connectivity index (χ2v) is 4.67. The predicted molar refractivity (Wildman–Crippen MR) is 69.5 cm³/mol. The molecule has 0 saturated carbocycles. The standard InChI is InChI=1S/C12H19BN2O2/c1-10-8-12(14-9-11(10)13(16)17)15-6-4-2-3-5-7-15/h8-9,16-17H,2-7H2,1H3. The van der Waals surface area contributed by atoms with Crippen molar-refractivity contribution in [2.45, 2.75) is 32.6 Å². The molecular weight excluding hydrogens is 215 g/mol. The molecule has 2 N–H and O–H groups in total. The Hall–Kier alpha value is -1.07. The lowest BCUT2D eigenvalue weighted by molar-refractivity contribution is 0.425. The fourth-order valence-electron chi connectivity index (χ4n) is 2.29. The zero-order valence-electron chi connectivity index (χ0n) is 10.3. The molecule has 0 atom stereocenters. The molecule has 0 bridgehead atoms. The van der Waals surface area contributed by atoms with Crippen molar-refractivity contribution in [2.75, 3.05) is 18.0 Å². The fraction of sp³-hybridized carbons (Fsp3) is 0.583. The van der Waals surface area contributed by atoms with Crippen LogP contribution in [0.1, 0.15) is 31.2 Å². The molecule has 2 heterocycles. The van der Waals surface area contributed by atoms with Gasteiger partial charge in [-0.25, -0.2) is 4.98 Å². The van der Waals surface area contributed by atoms with Gasteiger partial charge < -0.3 is 14.9 Å². The maximum Gasteiger partial charge on any atom is 0.490 e. The van der Waals surface area contributed by atoms with E-state index in [1.54, 1.807) is 6.20 Å². The van der Waals surface area contributed by atoms with Gasteiger partial charge in [0, 0.05) is 24.7 Å². The Bertz CT molecular complexity index is 377. The molecule has 0 amide bonds. The molecule has 0 spiro atoms. The Kier molecular flexibility index (Phi) is 4.02. The van der Waals surface area contributed by atoms with Gasteiger partial charge in [0.05, 0.1) is 0 Å². The summed E-state index contributed by atoms with van der Waals surface area (Å²) < 4.78 is 0. The summed E-state index contributed by atoms with van der Waals surface area (Å²) in [5.74, 6) is 0.953. The first-order valence-corrected chi connectivity index (χ1v) is 6.26. The number of pyridine rings is 1. The lowest BCUT2D eigenvalue weighted by Gasteiger charge is -2.22. The molecule has 92 valence electrons. The van der Waals surface area contributed by atoms with Crippen LogP contribution in [-0.2, 0) is 0 Å². The van der Waals surface area contributed by atoms with Crippen molar-refractivity contribution in [3.05, 3.63) is 17.8 Å². The van der Waals surface area contributed by atoms with Crippen molar-refractivity contribution < 1.29 is 10.0 Å². The molecular formula is C12H19BN2O2. The van der Waals surface area contributed by atoms with Crippen LogP contribution >= 0.6 is 0 Å². The van der Waals surface area contributed by atoms with Gasteiger partial charge in [-0.05, 0) is 31.4 Å². The van der Waals surface area contributed by atoms with Crippen molar-refractivity contribution in [2.24, 2.45) is 0 Å². The highest BCUT2D eigenvalue weighted by molar-refractivity contribution is 6.59. The van der Waals surface area contributed by atoms with E-state index in [9.17, 15) is 0 Å². The number of nitrogens with zero attached hydrogens (tertiary/aromatic N) is 2. The maximum atomic E-state index is 9.15. The lowest BCUT2D eigenvalue weighted by atomic mass is 9.78. The second kappa shape index (κ2) is 5.51. The normalized spacial score (nSPS) is 16.8. The lowest BCUT2D eigenvalue weighted by Crippen LogP contribution is -2.34. The Balaban J connectivity index is 2.18. The van der Waals surface area contributed by atoms with E-state index >= 15 is 0 Å². The van der Waals surface area contributed by atoms with E-state index in [0.717, 1.165) is 24.5 Å². The number of hydrogen-bond donors (Lipinski definition) is 2. The minimum atomic E-state index is -1.43. The average Bonchev–Trinajstić information content (AvgIpc) is 2.56. The molecule has 0 aromatic carbocycles. The number of aromatic nitrogens is 1. The topological polar surface area (TPSA) is 56.6 Å². The van der Waals surface area contributed by atoms with E-state index in [2.05, 4.69) is 9.88 Å². The molecule has 1 fully saturated rings. The van der Waals surface area contributed by atoms with Gasteiger partial charge >= 0.3 is 7.12 Å². The molecule has 1 aromatic rings. The number of hydrogen-bond acceptors (Lipinski definition) is 4. The van der Waals surface area contributed by atoms with Crippen LogP contribution in [0.3, 0.4) is 0 Å². The van der Waals surface area contributed by atoms with Crippen molar-refractivity contribution >= 4 is 18.4 Å². The molecule has 4 nitrogen and oxygen atoms in total. The number of aryl methyl sites for hydroxylation is 1. The number of anilines is 1. The van der Waals surface area contributed by atoms with Crippen LogP contribution in [0.15, 0.2) is 12.3 Å². The van der Waals surface area contributed by atoms with Gasteiger partial charge in [-0.15, -0.1) is 0 Å². The van der Waals surface area contributed by atoms with Gasteiger partial charge in [0.2, 0.25) is 0 Å². The summed E-state index contributed by atoms with van der Waals surface area (Å²) in [6, 6.07) is 1.94. The van der Waals surface area contributed by atoms with Gasteiger partial charge in [0.15, 0.2) is 0 Å². The fourth-order valence-corrected chi connectivity index (χ4v) is 2.29. The largest absolute Gasteiger partial charge is 0.490 e.